The van der Waals surface area contributed by atoms with E-state index in [9.17, 15) is 9.90 Å². The van der Waals surface area contributed by atoms with E-state index in [0.29, 0.717) is 11.3 Å². The minimum Gasteiger partial charge on any atom is -0.443 e. The van der Waals surface area contributed by atoms with Gasteiger partial charge in [-0.2, -0.15) is 0 Å². The van der Waals surface area contributed by atoms with E-state index in [2.05, 4.69) is 5.32 Å². The number of rotatable bonds is 4. The van der Waals surface area contributed by atoms with Crippen molar-refractivity contribution in [3.05, 3.63) is 65.7 Å². The summed E-state index contributed by atoms with van der Waals surface area (Å²) in [6, 6.07) is 17.1. The number of nitrogens with zero attached hydrogens (tertiary/aromatic N) is 1. The second-order valence-electron chi connectivity index (χ2n) is 8.20. The molecule has 0 saturated carbocycles. The maximum absolute atomic E-state index is 13.2. The SMILES string of the molecule is CC(C)(C)OC(=O)N(c1ccccc1C(O)c1ccccc1)C1CCNCC1. The van der Waals surface area contributed by atoms with Crippen LogP contribution in [0.2, 0.25) is 0 Å². The summed E-state index contributed by atoms with van der Waals surface area (Å²) in [6.07, 6.45) is 0.500. The first kappa shape index (κ1) is 20.4. The normalized spacial score (nSPS) is 16.4. The molecule has 1 amide bonds. The molecule has 1 fully saturated rings. The van der Waals surface area contributed by atoms with E-state index in [1.54, 1.807) is 4.90 Å². The standard InChI is InChI=1S/C23H30N2O3/c1-23(2,3)28-22(27)25(18-13-15-24-16-14-18)20-12-8-7-11-19(20)21(26)17-9-5-4-6-10-17/h4-12,18,21,24,26H,13-16H2,1-3H3. The molecular formula is C23H30N2O3. The molecule has 5 nitrogen and oxygen atoms in total. The molecule has 1 aliphatic heterocycles. The largest absolute Gasteiger partial charge is 0.443 e. The molecule has 0 spiro atoms. The summed E-state index contributed by atoms with van der Waals surface area (Å²) in [4.78, 5) is 14.9. The lowest BCUT2D eigenvalue weighted by atomic mass is 9.97. The number of nitrogens with one attached hydrogen (secondary N) is 1. The van der Waals surface area contributed by atoms with Crippen LogP contribution in [-0.2, 0) is 4.74 Å². The first-order valence-corrected chi connectivity index (χ1v) is 9.91. The molecule has 0 aromatic heterocycles. The fourth-order valence-corrected chi connectivity index (χ4v) is 3.57. The van der Waals surface area contributed by atoms with Gasteiger partial charge in [0.1, 0.15) is 11.7 Å². The Labute approximate surface area is 167 Å². The smallest absolute Gasteiger partial charge is 0.415 e. The Morgan fingerprint density at radius 1 is 1.07 bits per heavy atom. The molecule has 1 atom stereocenters. The van der Waals surface area contributed by atoms with Crippen molar-refractivity contribution < 1.29 is 14.6 Å². The van der Waals surface area contributed by atoms with Crippen molar-refractivity contribution in [3.63, 3.8) is 0 Å². The third-order valence-corrected chi connectivity index (χ3v) is 4.87. The molecule has 2 N–H and O–H groups in total. The van der Waals surface area contributed by atoms with Crippen molar-refractivity contribution in [2.24, 2.45) is 0 Å². The minimum atomic E-state index is -0.816. The van der Waals surface area contributed by atoms with Gasteiger partial charge in [0.05, 0.1) is 5.69 Å². The van der Waals surface area contributed by atoms with Crippen LogP contribution in [0.1, 0.15) is 50.8 Å². The van der Waals surface area contributed by atoms with Crippen molar-refractivity contribution in [2.45, 2.75) is 51.4 Å². The highest BCUT2D eigenvalue weighted by molar-refractivity contribution is 5.90. The van der Waals surface area contributed by atoms with Gasteiger partial charge in [-0.25, -0.2) is 4.79 Å². The van der Waals surface area contributed by atoms with Gasteiger partial charge in [0, 0.05) is 11.6 Å². The zero-order valence-electron chi connectivity index (χ0n) is 16.9. The lowest BCUT2D eigenvalue weighted by Gasteiger charge is -2.37. The molecule has 0 radical (unpaired) electrons. The van der Waals surface area contributed by atoms with Gasteiger partial charge in [-0.15, -0.1) is 0 Å². The molecule has 28 heavy (non-hydrogen) atoms. The predicted molar refractivity (Wildman–Crippen MR) is 112 cm³/mol. The van der Waals surface area contributed by atoms with Crippen molar-refractivity contribution in [1.29, 1.82) is 0 Å². The summed E-state index contributed by atoms with van der Waals surface area (Å²) in [7, 11) is 0. The summed E-state index contributed by atoms with van der Waals surface area (Å²) in [6.45, 7) is 7.32. The lowest BCUT2D eigenvalue weighted by molar-refractivity contribution is 0.0558. The number of ether oxygens (including phenoxy) is 1. The molecule has 0 aliphatic carbocycles. The van der Waals surface area contributed by atoms with Gasteiger partial charge in [-0.3, -0.25) is 4.90 Å². The summed E-state index contributed by atoms with van der Waals surface area (Å²) in [5.74, 6) is 0. The van der Waals surface area contributed by atoms with Crippen molar-refractivity contribution >= 4 is 11.8 Å². The molecule has 1 heterocycles. The number of carbonyl (C=O) groups is 1. The van der Waals surface area contributed by atoms with Gasteiger partial charge in [-0.05, 0) is 58.3 Å². The Morgan fingerprint density at radius 2 is 1.68 bits per heavy atom. The maximum Gasteiger partial charge on any atom is 0.415 e. The Kier molecular flexibility index (Phi) is 6.37. The third kappa shape index (κ3) is 4.91. The van der Waals surface area contributed by atoms with Gasteiger partial charge in [0.25, 0.3) is 0 Å². The highest BCUT2D eigenvalue weighted by Crippen LogP contribution is 2.34. The number of hydrogen-bond donors (Lipinski definition) is 2. The average Bonchev–Trinajstić information content (AvgIpc) is 2.68. The Morgan fingerprint density at radius 3 is 2.32 bits per heavy atom. The molecule has 5 heteroatoms. The number of benzene rings is 2. The number of carbonyl (C=O) groups excluding carboxylic acids is 1. The van der Waals surface area contributed by atoms with Crippen LogP contribution < -0.4 is 10.2 Å². The van der Waals surface area contributed by atoms with Crippen LogP contribution in [0.15, 0.2) is 54.6 Å². The second kappa shape index (κ2) is 8.76. The highest BCUT2D eigenvalue weighted by atomic mass is 16.6. The highest BCUT2D eigenvalue weighted by Gasteiger charge is 2.33. The number of para-hydroxylation sites is 1. The molecule has 2 aromatic carbocycles. The van der Waals surface area contributed by atoms with Crippen molar-refractivity contribution in [3.8, 4) is 0 Å². The lowest BCUT2D eigenvalue weighted by Crippen LogP contribution is -2.48. The molecule has 150 valence electrons. The Balaban J connectivity index is 2.01. The molecule has 1 unspecified atom stereocenters. The first-order valence-electron chi connectivity index (χ1n) is 9.91. The summed E-state index contributed by atoms with van der Waals surface area (Å²) in [5, 5.41) is 14.4. The zero-order chi connectivity index (χ0) is 20.1. The van der Waals surface area contributed by atoms with Crippen molar-refractivity contribution in [2.75, 3.05) is 18.0 Å². The average molecular weight is 383 g/mol. The van der Waals surface area contributed by atoms with Crippen LogP contribution in [0.4, 0.5) is 10.5 Å². The first-order chi connectivity index (χ1) is 13.4. The number of anilines is 1. The maximum atomic E-state index is 13.2. The van der Waals surface area contributed by atoms with E-state index in [1.807, 2.05) is 75.4 Å². The number of hydrogen-bond acceptors (Lipinski definition) is 4. The number of aliphatic hydroxyl groups is 1. The number of amides is 1. The van der Waals surface area contributed by atoms with Crippen molar-refractivity contribution in [1.82, 2.24) is 5.32 Å². The summed E-state index contributed by atoms with van der Waals surface area (Å²) in [5.41, 5.74) is 1.62. The van der Waals surface area contributed by atoms with E-state index in [0.717, 1.165) is 31.5 Å². The van der Waals surface area contributed by atoms with E-state index in [-0.39, 0.29) is 12.1 Å². The molecule has 3 rings (SSSR count). The Hall–Kier alpha value is -2.37. The monoisotopic (exact) mass is 382 g/mol. The quantitative estimate of drug-likeness (QED) is 0.829. The van der Waals surface area contributed by atoms with Crippen LogP contribution in [0, 0.1) is 0 Å². The predicted octanol–water partition coefficient (Wildman–Crippen LogP) is 4.26. The van der Waals surface area contributed by atoms with Crippen LogP contribution >= 0.6 is 0 Å². The zero-order valence-corrected chi connectivity index (χ0v) is 16.9. The fourth-order valence-electron chi connectivity index (χ4n) is 3.57. The summed E-state index contributed by atoms with van der Waals surface area (Å²) >= 11 is 0. The fraction of sp³-hybridized carbons (Fsp3) is 0.435. The van der Waals surface area contributed by atoms with E-state index < -0.39 is 11.7 Å². The molecular weight excluding hydrogens is 352 g/mol. The number of piperidine rings is 1. The van der Waals surface area contributed by atoms with Gasteiger partial charge < -0.3 is 15.2 Å². The minimum absolute atomic E-state index is 0.0280. The second-order valence-corrected chi connectivity index (χ2v) is 8.20. The Bertz CT molecular complexity index is 780. The number of aliphatic hydroxyl groups excluding tert-OH is 1. The summed E-state index contributed by atoms with van der Waals surface area (Å²) < 4.78 is 5.73. The van der Waals surface area contributed by atoms with Gasteiger partial charge >= 0.3 is 6.09 Å². The van der Waals surface area contributed by atoms with Crippen LogP contribution in [0.5, 0.6) is 0 Å². The van der Waals surface area contributed by atoms with Gasteiger partial charge in [0.2, 0.25) is 0 Å². The topological polar surface area (TPSA) is 61.8 Å². The van der Waals surface area contributed by atoms with E-state index >= 15 is 0 Å². The molecule has 0 bridgehead atoms. The third-order valence-electron chi connectivity index (χ3n) is 4.87. The van der Waals surface area contributed by atoms with Gasteiger partial charge in [-0.1, -0.05) is 48.5 Å². The molecule has 1 aliphatic rings. The van der Waals surface area contributed by atoms with E-state index in [1.165, 1.54) is 0 Å². The van der Waals surface area contributed by atoms with Gasteiger partial charge in [0.15, 0.2) is 0 Å². The van der Waals surface area contributed by atoms with Crippen LogP contribution in [0.25, 0.3) is 0 Å². The van der Waals surface area contributed by atoms with Crippen LogP contribution in [-0.4, -0.2) is 35.9 Å². The van der Waals surface area contributed by atoms with E-state index in [4.69, 9.17) is 4.74 Å². The van der Waals surface area contributed by atoms with Crippen LogP contribution in [0.3, 0.4) is 0 Å². The molecule has 2 aromatic rings. The molecule has 1 saturated heterocycles.